The molecule has 1 aliphatic heterocycles. The first kappa shape index (κ1) is 16.7. The Morgan fingerprint density at radius 3 is 2.79 bits per heavy atom. The number of fused-ring (bicyclic) bond motifs is 1. The summed E-state index contributed by atoms with van der Waals surface area (Å²) in [6.45, 7) is 1.05. The molecular weight excluding hydrogens is 357 g/mol. The van der Waals surface area contributed by atoms with E-state index in [-0.39, 0.29) is 17.6 Å². The zero-order valence-corrected chi connectivity index (χ0v) is 15.3. The summed E-state index contributed by atoms with van der Waals surface area (Å²) in [4.78, 5) is 19.4. The molecule has 7 heteroatoms. The molecule has 0 bridgehead atoms. The number of aromatic amines is 1. The first-order valence-corrected chi connectivity index (χ1v) is 9.11. The third kappa shape index (κ3) is 2.58. The number of hydrogen-bond acceptors (Lipinski definition) is 3. The molecular formula is C21H18FN5O. The predicted octanol–water partition coefficient (Wildman–Crippen LogP) is 3.34. The molecule has 1 fully saturated rings. The summed E-state index contributed by atoms with van der Waals surface area (Å²) in [6, 6.07) is 10.6. The minimum atomic E-state index is -0.208. The van der Waals surface area contributed by atoms with Crippen LogP contribution in [0.5, 0.6) is 0 Å². The van der Waals surface area contributed by atoms with Gasteiger partial charge in [-0.05, 0) is 23.8 Å². The van der Waals surface area contributed by atoms with Gasteiger partial charge in [-0.15, -0.1) is 0 Å². The summed E-state index contributed by atoms with van der Waals surface area (Å²) in [5.41, 5.74) is 3.73. The van der Waals surface area contributed by atoms with Crippen LogP contribution in [0.3, 0.4) is 0 Å². The molecule has 6 nitrogen and oxygen atoms in total. The van der Waals surface area contributed by atoms with E-state index in [1.54, 1.807) is 29.4 Å². The second-order valence-electron chi connectivity index (χ2n) is 7.14. The summed E-state index contributed by atoms with van der Waals surface area (Å²) < 4.78 is 15.8. The quantitative estimate of drug-likeness (QED) is 0.597. The van der Waals surface area contributed by atoms with Crippen molar-refractivity contribution in [1.82, 2.24) is 24.6 Å². The van der Waals surface area contributed by atoms with Crippen LogP contribution in [0.2, 0.25) is 0 Å². The molecule has 1 aromatic carbocycles. The van der Waals surface area contributed by atoms with E-state index in [1.165, 1.54) is 6.07 Å². The molecule has 1 amide bonds. The molecule has 0 atom stereocenters. The lowest BCUT2D eigenvalue weighted by Crippen LogP contribution is -2.48. The third-order valence-electron chi connectivity index (χ3n) is 5.36. The van der Waals surface area contributed by atoms with Crippen molar-refractivity contribution >= 4 is 16.9 Å². The number of H-pyrrole nitrogens is 1. The number of likely N-dealkylation sites (tertiary alicyclic amines) is 1. The van der Waals surface area contributed by atoms with Gasteiger partial charge in [-0.1, -0.05) is 18.2 Å². The Morgan fingerprint density at radius 1 is 1.21 bits per heavy atom. The molecule has 4 aromatic rings. The summed E-state index contributed by atoms with van der Waals surface area (Å²) in [5.74, 6) is -0.206. The number of nitrogens with one attached hydrogen (secondary N) is 1. The van der Waals surface area contributed by atoms with Crippen LogP contribution in [0.15, 0.2) is 55.0 Å². The van der Waals surface area contributed by atoms with Crippen molar-refractivity contribution in [2.45, 2.75) is 5.92 Å². The molecule has 1 N–H and O–H groups in total. The SMILES string of the molecule is Cn1cc(C(=O)N2CC(c3ccccc3F)C2)c2ccc(-c3cn[nH]c3)nc21. The van der Waals surface area contributed by atoms with Crippen LogP contribution < -0.4 is 0 Å². The highest BCUT2D eigenvalue weighted by Gasteiger charge is 2.34. The summed E-state index contributed by atoms with van der Waals surface area (Å²) in [7, 11) is 1.88. The summed E-state index contributed by atoms with van der Waals surface area (Å²) in [5, 5.41) is 7.55. The number of hydrogen-bond donors (Lipinski definition) is 1. The fourth-order valence-corrected chi connectivity index (χ4v) is 3.79. The minimum absolute atomic E-state index is 0.0453. The van der Waals surface area contributed by atoms with E-state index in [0.29, 0.717) is 24.2 Å². The first-order valence-electron chi connectivity index (χ1n) is 9.11. The maximum Gasteiger partial charge on any atom is 0.256 e. The highest BCUT2D eigenvalue weighted by Crippen LogP contribution is 2.32. The largest absolute Gasteiger partial charge is 0.337 e. The molecule has 0 aliphatic carbocycles. The first-order chi connectivity index (χ1) is 13.6. The van der Waals surface area contributed by atoms with Crippen LogP contribution in [0, 0.1) is 5.82 Å². The van der Waals surface area contributed by atoms with Crippen molar-refractivity contribution in [2.75, 3.05) is 13.1 Å². The van der Waals surface area contributed by atoms with Gasteiger partial charge in [0, 0.05) is 49.4 Å². The fourth-order valence-electron chi connectivity index (χ4n) is 3.79. The number of amides is 1. The van der Waals surface area contributed by atoms with Crippen molar-refractivity contribution in [3.8, 4) is 11.3 Å². The lowest BCUT2D eigenvalue weighted by atomic mass is 9.90. The van der Waals surface area contributed by atoms with Gasteiger partial charge < -0.3 is 9.47 Å². The number of nitrogens with zero attached hydrogens (tertiary/aromatic N) is 4. The number of rotatable bonds is 3. The normalized spacial score (nSPS) is 14.4. The summed E-state index contributed by atoms with van der Waals surface area (Å²) in [6.07, 6.45) is 5.31. The van der Waals surface area contributed by atoms with Crippen LogP contribution in [-0.2, 0) is 7.05 Å². The maximum atomic E-state index is 14.0. The molecule has 0 radical (unpaired) electrons. The van der Waals surface area contributed by atoms with E-state index >= 15 is 0 Å². The average molecular weight is 375 g/mol. The molecule has 4 heterocycles. The topological polar surface area (TPSA) is 66.8 Å². The molecule has 0 unspecified atom stereocenters. The molecule has 1 saturated heterocycles. The Kier molecular flexibility index (Phi) is 3.75. The second-order valence-corrected chi connectivity index (χ2v) is 7.14. The molecule has 0 spiro atoms. The lowest BCUT2D eigenvalue weighted by molar-refractivity contribution is 0.0601. The number of pyridine rings is 1. The van der Waals surface area contributed by atoms with E-state index in [2.05, 4.69) is 15.2 Å². The maximum absolute atomic E-state index is 14.0. The van der Waals surface area contributed by atoms with E-state index < -0.39 is 0 Å². The lowest BCUT2D eigenvalue weighted by Gasteiger charge is -2.39. The zero-order valence-electron chi connectivity index (χ0n) is 15.3. The van der Waals surface area contributed by atoms with Gasteiger partial charge in [0.2, 0.25) is 0 Å². The Labute approximate surface area is 160 Å². The number of aromatic nitrogens is 4. The van der Waals surface area contributed by atoms with Crippen molar-refractivity contribution < 1.29 is 9.18 Å². The highest BCUT2D eigenvalue weighted by atomic mass is 19.1. The number of carbonyl (C=O) groups is 1. The van der Waals surface area contributed by atoms with Crippen LogP contribution in [-0.4, -0.2) is 43.6 Å². The smallest absolute Gasteiger partial charge is 0.256 e. The number of benzene rings is 1. The number of carbonyl (C=O) groups excluding carboxylic acids is 1. The molecule has 28 heavy (non-hydrogen) atoms. The standard InChI is InChI=1S/C21H18FN5O/c1-26-12-17(16-6-7-19(25-20(16)26)13-8-23-24-9-13)21(28)27-10-14(11-27)15-4-2-3-5-18(15)22/h2-9,12,14H,10-11H2,1H3,(H,23,24). The van der Waals surface area contributed by atoms with Crippen molar-refractivity contribution in [2.24, 2.45) is 7.05 Å². The van der Waals surface area contributed by atoms with Gasteiger partial charge in [-0.2, -0.15) is 5.10 Å². The van der Waals surface area contributed by atoms with Gasteiger partial charge in [0.1, 0.15) is 11.5 Å². The third-order valence-corrected chi connectivity index (χ3v) is 5.36. The van der Waals surface area contributed by atoms with Crippen LogP contribution >= 0.6 is 0 Å². The van der Waals surface area contributed by atoms with Gasteiger partial charge in [0.25, 0.3) is 5.91 Å². The van der Waals surface area contributed by atoms with Gasteiger partial charge in [0.15, 0.2) is 0 Å². The van der Waals surface area contributed by atoms with Gasteiger partial charge in [-0.3, -0.25) is 9.89 Å². The second kappa shape index (κ2) is 6.30. The average Bonchev–Trinajstić information content (AvgIpc) is 3.30. The van der Waals surface area contributed by atoms with Crippen LogP contribution in [0.4, 0.5) is 4.39 Å². The van der Waals surface area contributed by atoms with E-state index in [4.69, 9.17) is 0 Å². The minimum Gasteiger partial charge on any atom is -0.337 e. The highest BCUT2D eigenvalue weighted by molar-refractivity contribution is 6.06. The van der Waals surface area contributed by atoms with E-state index in [1.807, 2.05) is 36.0 Å². The molecule has 3 aromatic heterocycles. The van der Waals surface area contributed by atoms with Crippen molar-refractivity contribution in [3.05, 3.63) is 71.9 Å². The molecule has 140 valence electrons. The van der Waals surface area contributed by atoms with Crippen molar-refractivity contribution in [1.29, 1.82) is 0 Å². The fraction of sp³-hybridized carbons (Fsp3) is 0.190. The Morgan fingerprint density at radius 2 is 2.04 bits per heavy atom. The monoisotopic (exact) mass is 375 g/mol. The van der Waals surface area contributed by atoms with Crippen molar-refractivity contribution in [3.63, 3.8) is 0 Å². The molecule has 0 saturated carbocycles. The Balaban J connectivity index is 1.41. The Hall–Kier alpha value is -3.48. The van der Waals surface area contributed by atoms with E-state index in [0.717, 1.165) is 22.3 Å². The van der Waals surface area contributed by atoms with Gasteiger partial charge in [-0.25, -0.2) is 9.37 Å². The van der Waals surface area contributed by atoms with Crippen LogP contribution in [0.1, 0.15) is 21.8 Å². The van der Waals surface area contributed by atoms with Gasteiger partial charge in [0.05, 0.1) is 17.5 Å². The number of halogens is 1. The number of aryl methyl sites for hydroxylation is 1. The molecule has 5 rings (SSSR count). The van der Waals surface area contributed by atoms with E-state index in [9.17, 15) is 9.18 Å². The zero-order chi connectivity index (χ0) is 19.3. The van der Waals surface area contributed by atoms with Crippen LogP contribution in [0.25, 0.3) is 22.3 Å². The Bertz CT molecular complexity index is 1170. The molecule has 1 aliphatic rings. The van der Waals surface area contributed by atoms with Gasteiger partial charge >= 0.3 is 0 Å². The summed E-state index contributed by atoms with van der Waals surface area (Å²) >= 11 is 0. The predicted molar refractivity (Wildman–Crippen MR) is 103 cm³/mol.